The minimum atomic E-state index is 0.537. The first-order valence-corrected chi connectivity index (χ1v) is 5.61. The molecule has 0 spiro atoms. The molecule has 3 nitrogen and oxygen atoms in total. The molecule has 17 heavy (non-hydrogen) atoms. The average molecular weight is 244 g/mol. The molecule has 0 amide bonds. The first-order chi connectivity index (χ1) is 8.24. The SMILES string of the molecule is Nc1cc2nc(-c3ccccc3)cn2cc1Cl. The molecule has 0 unspecified atom stereocenters. The van der Waals surface area contributed by atoms with Crippen molar-refractivity contribution >= 4 is 22.9 Å². The molecule has 0 aliphatic carbocycles. The van der Waals surface area contributed by atoms with Crippen molar-refractivity contribution in [3.8, 4) is 11.3 Å². The Morgan fingerprint density at radius 2 is 1.88 bits per heavy atom. The second-order valence-corrected chi connectivity index (χ2v) is 4.24. The minimum absolute atomic E-state index is 0.537. The highest BCUT2D eigenvalue weighted by Crippen LogP contribution is 2.23. The lowest BCUT2D eigenvalue weighted by Gasteiger charge is -1.97. The van der Waals surface area contributed by atoms with Gasteiger partial charge in [0, 0.05) is 24.0 Å². The molecular weight excluding hydrogens is 234 g/mol. The summed E-state index contributed by atoms with van der Waals surface area (Å²) >= 11 is 5.97. The van der Waals surface area contributed by atoms with E-state index < -0.39 is 0 Å². The fraction of sp³-hybridized carbons (Fsp3) is 0. The van der Waals surface area contributed by atoms with Gasteiger partial charge in [0.15, 0.2) is 0 Å². The molecule has 0 saturated carbocycles. The number of rotatable bonds is 1. The van der Waals surface area contributed by atoms with Crippen LogP contribution in [0.1, 0.15) is 0 Å². The minimum Gasteiger partial charge on any atom is -0.397 e. The predicted octanol–water partition coefficient (Wildman–Crippen LogP) is 3.24. The van der Waals surface area contributed by atoms with Crippen molar-refractivity contribution in [1.82, 2.24) is 9.38 Å². The maximum Gasteiger partial charge on any atom is 0.139 e. The molecule has 0 aliphatic heterocycles. The molecule has 1 aromatic carbocycles. The van der Waals surface area contributed by atoms with E-state index in [4.69, 9.17) is 17.3 Å². The van der Waals surface area contributed by atoms with Gasteiger partial charge in [0.2, 0.25) is 0 Å². The number of aromatic nitrogens is 2. The van der Waals surface area contributed by atoms with Gasteiger partial charge in [-0.2, -0.15) is 0 Å². The summed E-state index contributed by atoms with van der Waals surface area (Å²) in [4.78, 5) is 4.51. The number of fused-ring (bicyclic) bond motifs is 1. The van der Waals surface area contributed by atoms with Gasteiger partial charge in [-0.15, -0.1) is 0 Å². The summed E-state index contributed by atoms with van der Waals surface area (Å²) in [5.41, 5.74) is 9.08. The average Bonchev–Trinajstić information content (AvgIpc) is 2.74. The van der Waals surface area contributed by atoms with Gasteiger partial charge >= 0.3 is 0 Å². The summed E-state index contributed by atoms with van der Waals surface area (Å²) in [5, 5.41) is 0.537. The van der Waals surface area contributed by atoms with Crippen LogP contribution < -0.4 is 5.73 Å². The highest BCUT2D eigenvalue weighted by Gasteiger charge is 2.06. The van der Waals surface area contributed by atoms with Crippen LogP contribution in [0.5, 0.6) is 0 Å². The van der Waals surface area contributed by atoms with E-state index in [1.165, 1.54) is 0 Å². The largest absolute Gasteiger partial charge is 0.397 e. The number of halogens is 1. The molecule has 0 fully saturated rings. The summed E-state index contributed by atoms with van der Waals surface area (Å²) in [6.45, 7) is 0. The first-order valence-electron chi connectivity index (χ1n) is 5.23. The van der Waals surface area contributed by atoms with Gasteiger partial charge in [-0.05, 0) is 0 Å². The quantitative estimate of drug-likeness (QED) is 0.713. The Morgan fingerprint density at radius 1 is 1.12 bits per heavy atom. The molecule has 0 saturated heterocycles. The van der Waals surface area contributed by atoms with Crippen LogP contribution in [0.25, 0.3) is 16.9 Å². The molecule has 3 rings (SSSR count). The Labute approximate surface area is 103 Å². The third-order valence-corrected chi connectivity index (χ3v) is 2.96. The van der Waals surface area contributed by atoms with E-state index in [1.54, 1.807) is 12.3 Å². The van der Waals surface area contributed by atoms with E-state index in [9.17, 15) is 0 Å². The molecule has 0 aliphatic rings. The highest BCUT2D eigenvalue weighted by atomic mass is 35.5. The number of hydrogen-bond donors (Lipinski definition) is 1. The molecule has 2 N–H and O–H groups in total. The Kier molecular flexibility index (Phi) is 2.27. The van der Waals surface area contributed by atoms with Crippen molar-refractivity contribution in [2.45, 2.75) is 0 Å². The lowest BCUT2D eigenvalue weighted by molar-refractivity contribution is 1.19. The maximum atomic E-state index is 5.97. The van der Waals surface area contributed by atoms with Crippen LogP contribution in [-0.4, -0.2) is 9.38 Å². The molecule has 4 heteroatoms. The van der Waals surface area contributed by atoms with Gasteiger partial charge in [0.1, 0.15) is 5.65 Å². The van der Waals surface area contributed by atoms with E-state index >= 15 is 0 Å². The number of pyridine rings is 1. The zero-order chi connectivity index (χ0) is 11.8. The number of hydrogen-bond acceptors (Lipinski definition) is 2. The number of imidazole rings is 1. The molecule has 2 heterocycles. The van der Waals surface area contributed by atoms with Crippen molar-refractivity contribution in [2.24, 2.45) is 0 Å². The van der Waals surface area contributed by atoms with Gasteiger partial charge in [-0.25, -0.2) is 4.98 Å². The summed E-state index contributed by atoms with van der Waals surface area (Å²) in [6.07, 6.45) is 3.71. The lowest BCUT2D eigenvalue weighted by atomic mass is 10.2. The second-order valence-electron chi connectivity index (χ2n) is 3.83. The topological polar surface area (TPSA) is 43.3 Å². The highest BCUT2D eigenvalue weighted by molar-refractivity contribution is 6.33. The zero-order valence-electron chi connectivity index (χ0n) is 8.97. The van der Waals surface area contributed by atoms with Crippen LogP contribution in [0.15, 0.2) is 48.8 Å². The molecule has 2 aromatic heterocycles. The van der Waals surface area contributed by atoms with Gasteiger partial charge in [0.25, 0.3) is 0 Å². The number of benzene rings is 1. The van der Waals surface area contributed by atoms with Gasteiger partial charge < -0.3 is 10.1 Å². The maximum absolute atomic E-state index is 5.97. The van der Waals surface area contributed by atoms with Crippen molar-refractivity contribution < 1.29 is 0 Å². The van der Waals surface area contributed by atoms with Crippen LogP contribution in [0.2, 0.25) is 5.02 Å². The summed E-state index contributed by atoms with van der Waals surface area (Å²) in [7, 11) is 0. The molecular formula is C13H10ClN3. The molecule has 0 atom stereocenters. The standard InChI is InChI=1S/C13H10ClN3/c14-10-7-17-8-12(9-4-2-1-3-5-9)16-13(17)6-11(10)15/h1-8H,15H2. The van der Waals surface area contributed by atoms with Crippen molar-refractivity contribution in [3.63, 3.8) is 0 Å². The molecule has 0 radical (unpaired) electrons. The third kappa shape index (κ3) is 1.74. The van der Waals surface area contributed by atoms with Crippen LogP contribution >= 0.6 is 11.6 Å². The van der Waals surface area contributed by atoms with E-state index in [0.717, 1.165) is 16.9 Å². The van der Waals surface area contributed by atoms with Crippen LogP contribution in [-0.2, 0) is 0 Å². The van der Waals surface area contributed by atoms with E-state index in [2.05, 4.69) is 4.98 Å². The Hall–Kier alpha value is -2.00. The van der Waals surface area contributed by atoms with Crippen molar-refractivity contribution in [3.05, 3.63) is 53.8 Å². The monoisotopic (exact) mass is 243 g/mol. The van der Waals surface area contributed by atoms with E-state index in [0.29, 0.717) is 10.7 Å². The van der Waals surface area contributed by atoms with Crippen molar-refractivity contribution in [2.75, 3.05) is 5.73 Å². The summed E-state index contributed by atoms with van der Waals surface area (Å²) in [5.74, 6) is 0. The van der Waals surface area contributed by atoms with Crippen LogP contribution in [0, 0.1) is 0 Å². The predicted molar refractivity (Wildman–Crippen MR) is 70.1 cm³/mol. The Morgan fingerprint density at radius 3 is 2.65 bits per heavy atom. The van der Waals surface area contributed by atoms with Crippen molar-refractivity contribution in [1.29, 1.82) is 0 Å². The molecule has 0 bridgehead atoms. The van der Waals surface area contributed by atoms with E-state index in [-0.39, 0.29) is 0 Å². The first kappa shape index (κ1) is 10.2. The molecule has 84 valence electrons. The fourth-order valence-electron chi connectivity index (χ4n) is 1.77. The molecule has 3 aromatic rings. The normalized spacial score (nSPS) is 10.9. The van der Waals surface area contributed by atoms with Crippen LogP contribution in [0.3, 0.4) is 0 Å². The van der Waals surface area contributed by atoms with Gasteiger partial charge in [-0.3, -0.25) is 0 Å². The number of nitrogens with zero attached hydrogens (tertiary/aromatic N) is 2. The summed E-state index contributed by atoms with van der Waals surface area (Å²) < 4.78 is 1.88. The second kappa shape index (κ2) is 3.79. The van der Waals surface area contributed by atoms with Gasteiger partial charge in [0.05, 0.1) is 16.4 Å². The van der Waals surface area contributed by atoms with Crippen LogP contribution in [0.4, 0.5) is 5.69 Å². The third-order valence-electron chi connectivity index (χ3n) is 2.64. The zero-order valence-corrected chi connectivity index (χ0v) is 9.72. The Balaban J connectivity index is 2.21. The Bertz CT molecular complexity index is 635. The smallest absolute Gasteiger partial charge is 0.139 e. The fourth-order valence-corrected chi connectivity index (χ4v) is 1.93. The van der Waals surface area contributed by atoms with E-state index in [1.807, 2.05) is 40.9 Å². The number of nitrogens with two attached hydrogens (primary N) is 1. The summed E-state index contributed by atoms with van der Waals surface area (Å²) in [6, 6.07) is 11.8. The van der Waals surface area contributed by atoms with Gasteiger partial charge in [-0.1, -0.05) is 41.9 Å². The number of anilines is 1. The number of nitrogen functional groups attached to an aromatic ring is 1. The lowest BCUT2D eigenvalue weighted by Crippen LogP contribution is -1.90.